The summed E-state index contributed by atoms with van der Waals surface area (Å²) < 4.78 is 0. The predicted octanol–water partition coefficient (Wildman–Crippen LogP) is 2.61. The fourth-order valence-electron chi connectivity index (χ4n) is 0.489. The van der Waals surface area contributed by atoms with Crippen molar-refractivity contribution < 1.29 is 0 Å². The van der Waals surface area contributed by atoms with Crippen molar-refractivity contribution >= 4 is 0 Å². The second kappa shape index (κ2) is 6.00. The molecule has 0 heteroatoms. The zero-order valence-electron chi connectivity index (χ0n) is 5.28. The van der Waals surface area contributed by atoms with E-state index in [4.69, 9.17) is 0 Å². The lowest BCUT2D eigenvalue weighted by molar-refractivity contribution is 0.858. The van der Waals surface area contributed by atoms with Gasteiger partial charge in [0.05, 0.1) is 0 Å². The highest BCUT2D eigenvalue weighted by atomic mass is 13.9. The van der Waals surface area contributed by atoms with Crippen molar-refractivity contribution in [3.8, 4) is 0 Å². The van der Waals surface area contributed by atoms with E-state index in [1.807, 2.05) is 0 Å². The Morgan fingerprint density at radius 1 is 1.43 bits per heavy atom. The zero-order chi connectivity index (χ0) is 5.54. The van der Waals surface area contributed by atoms with E-state index in [0.29, 0.717) is 0 Å². The summed E-state index contributed by atoms with van der Waals surface area (Å²) in [6.07, 6.45) is 8.21. The van der Waals surface area contributed by atoms with Gasteiger partial charge in [-0.1, -0.05) is 26.7 Å². The first kappa shape index (κ1) is 7.00. The van der Waals surface area contributed by atoms with Crippen LogP contribution in [-0.4, -0.2) is 0 Å². The van der Waals surface area contributed by atoms with Crippen molar-refractivity contribution in [2.24, 2.45) is 0 Å². The van der Waals surface area contributed by atoms with Crippen molar-refractivity contribution in [1.29, 1.82) is 0 Å². The van der Waals surface area contributed by atoms with Gasteiger partial charge in [0.15, 0.2) is 0 Å². The first-order valence-electron chi connectivity index (χ1n) is 3.01. The maximum atomic E-state index is 2.31. The smallest absolute Gasteiger partial charge is 0.0383 e. The van der Waals surface area contributed by atoms with Crippen LogP contribution in [0, 0.1) is 12.8 Å². The average molecular weight is 98.2 g/mol. The molecule has 0 saturated heterocycles. The average Bonchev–Trinajstić information content (AvgIpc) is 1.69. The van der Waals surface area contributed by atoms with Crippen molar-refractivity contribution in [2.45, 2.75) is 33.1 Å². The highest BCUT2D eigenvalue weighted by Gasteiger charge is 1.80. The van der Waals surface area contributed by atoms with E-state index in [1.165, 1.54) is 19.3 Å². The molecule has 0 aliphatic heterocycles. The highest BCUT2D eigenvalue weighted by molar-refractivity contribution is 4.70. The molecule has 0 spiro atoms. The zero-order valence-corrected chi connectivity index (χ0v) is 5.28. The van der Waals surface area contributed by atoms with Crippen LogP contribution in [0.3, 0.4) is 0 Å². The molecule has 42 valence electrons. The third-order valence-corrected chi connectivity index (χ3v) is 0.895. The van der Waals surface area contributed by atoms with Crippen LogP contribution in [-0.2, 0) is 0 Å². The third kappa shape index (κ3) is 6.00. The molecule has 0 nitrogen and oxygen atoms in total. The number of unbranched alkanes of at least 4 members (excludes halogenated alkanes) is 4. The molecule has 0 amide bonds. The largest absolute Gasteiger partial charge is 0.0654 e. The van der Waals surface area contributed by atoms with Gasteiger partial charge in [-0.05, 0) is 19.3 Å². The van der Waals surface area contributed by atoms with Gasteiger partial charge in [0.2, 0.25) is 0 Å². The molecule has 0 unspecified atom stereocenters. The maximum Gasteiger partial charge on any atom is -0.0383 e. The molecule has 0 aromatic rings. The molecule has 0 fully saturated rings. The molecule has 0 rings (SSSR count). The lowest BCUT2D eigenvalue weighted by Gasteiger charge is -1.89. The lowest BCUT2D eigenvalue weighted by atomic mass is 10.2. The third-order valence-electron chi connectivity index (χ3n) is 0.895. The Bertz CT molecular complexity index is 19.2. The Labute approximate surface area is 46.9 Å². The summed E-state index contributed by atoms with van der Waals surface area (Å²) in [6.45, 7) is 4.29. The van der Waals surface area contributed by atoms with Crippen LogP contribution in [0.5, 0.6) is 0 Å². The van der Waals surface area contributed by atoms with Crippen molar-refractivity contribution in [3.05, 3.63) is 12.8 Å². The monoisotopic (exact) mass is 98.1 g/mol. The van der Waals surface area contributed by atoms with Gasteiger partial charge < -0.3 is 0 Å². The summed E-state index contributed by atoms with van der Waals surface area (Å²) in [5, 5.41) is 0. The summed E-state index contributed by atoms with van der Waals surface area (Å²) in [4.78, 5) is 0. The van der Waals surface area contributed by atoms with Gasteiger partial charge in [-0.3, -0.25) is 0 Å². The number of hydrogen-bond donors (Lipinski definition) is 0. The Balaban J connectivity index is 2.45. The second-order valence-corrected chi connectivity index (χ2v) is 1.72. The molecule has 7 heavy (non-hydrogen) atoms. The summed E-state index contributed by atoms with van der Waals surface area (Å²) >= 11 is 0. The molecule has 0 N–H and O–H groups in total. The van der Waals surface area contributed by atoms with Crippen LogP contribution in [0.4, 0.5) is 0 Å². The van der Waals surface area contributed by atoms with E-state index in [-0.39, 0.29) is 0 Å². The molecule has 0 saturated carbocycles. The molecule has 2 radical (unpaired) electrons. The summed E-state index contributed by atoms with van der Waals surface area (Å²) in [5.41, 5.74) is 0. The van der Waals surface area contributed by atoms with Crippen molar-refractivity contribution in [2.75, 3.05) is 0 Å². The van der Waals surface area contributed by atoms with Crippen LogP contribution in [0.15, 0.2) is 0 Å². The summed E-state index contributed by atoms with van der Waals surface area (Å²) in [6, 6.07) is 0. The molecular weight excluding hydrogens is 84.1 g/mol. The summed E-state index contributed by atoms with van der Waals surface area (Å²) in [7, 11) is 0. The lowest BCUT2D eigenvalue weighted by Crippen LogP contribution is -1.73. The van der Waals surface area contributed by atoms with Crippen LogP contribution in [0.1, 0.15) is 33.1 Å². The maximum absolute atomic E-state index is 2.31. The second-order valence-electron chi connectivity index (χ2n) is 1.72. The first-order valence-corrected chi connectivity index (χ1v) is 3.01. The van der Waals surface area contributed by atoms with Gasteiger partial charge in [0.1, 0.15) is 0 Å². The van der Waals surface area contributed by atoms with E-state index < -0.39 is 0 Å². The van der Waals surface area contributed by atoms with E-state index in [0.717, 1.165) is 0 Å². The Hall–Kier alpha value is 0. The van der Waals surface area contributed by atoms with Crippen LogP contribution >= 0.6 is 0 Å². The van der Waals surface area contributed by atoms with Gasteiger partial charge in [-0.25, -0.2) is 0 Å². The Morgan fingerprint density at radius 2 is 2.14 bits per heavy atom. The fourth-order valence-corrected chi connectivity index (χ4v) is 0.489. The first-order chi connectivity index (χ1) is 3.41. The highest BCUT2D eigenvalue weighted by Crippen LogP contribution is 1.97. The van der Waals surface area contributed by atoms with Gasteiger partial charge in [-0.2, -0.15) is 0 Å². The van der Waals surface area contributed by atoms with Gasteiger partial charge >= 0.3 is 0 Å². The van der Waals surface area contributed by atoms with Crippen molar-refractivity contribution in [1.82, 2.24) is 0 Å². The van der Waals surface area contributed by atoms with Gasteiger partial charge in [0.25, 0.3) is 0 Å². The van der Waals surface area contributed by atoms with Crippen LogP contribution in [0.25, 0.3) is 0 Å². The molecule has 0 aromatic carbocycles. The molecule has 0 atom stereocenters. The normalized spacial score (nSPS) is 9.43. The molecule has 0 bridgehead atoms. The summed E-state index contributed by atoms with van der Waals surface area (Å²) in [5.74, 6) is 0. The number of rotatable bonds is 4. The quantitative estimate of drug-likeness (QED) is 0.474. The minimum atomic E-state index is 1.17. The van der Waals surface area contributed by atoms with Gasteiger partial charge in [-0.15, -0.1) is 0 Å². The fraction of sp³-hybridized carbons (Fsp3) is 0.714. The van der Waals surface area contributed by atoms with E-state index >= 15 is 0 Å². The Morgan fingerprint density at radius 3 is 2.57 bits per heavy atom. The molecular formula is C7H14. The molecule has 0 aliphatic rings. The SMILES string of the molecule is C[CH]C[CH]CCC. The van der Waals surface area contributed by atoms with Crippen LogP contribution in [0.2, 0.25) is 0 Å². The van der Waals surface area contributed by atoms with Crippen LogP contribution < -0.4 is 0 Å². The van der Waals surface area contributed by atoms with Gasteiger partial charge in [0, 0.05) is 0 Å². The molecule has 0 aliphatic carbocycles. The Kier molecular flexibility index (Phi) is 6.00. The topological polar surface area (TPSA) is 0 Å². The predicted molar refractivity (Wildman–Crippen MR) is 33.8 cm³/mol. The molecule has 0 aromatic heterocycles. The van der Waals surface area contributed by atoms with E-state index in [9.17, 15) is 0 Å². The van der Waals surface area contributed by atoms with Crippen molar-refractivity contribution in [3.63, 3.8) is 0 Å². The minimum Gasteiger partial charge on any atom is -0.0654 e. The number of hydrogen-bond acceptors (Lipinski definition) is 0. The van der Waals surface area contributed by atoms with E-state index in [2.05, 4.69) is 26.7 Å². The molecule has 0 heterocycles. The minimum absolute atomic E-state index is 1.17. The standard InChI is InChI=1S/C7H14/c1-3-5-7-6-4-2/h3,7H,4-6H2,1-2H3. The van der Waals surface area contributed by atoms with E-state index in [1.54, 1.807) is 0 Å².